The molecular formula is C9H8BrNO3S. The van der Waals surface area contributed by atoms with Gasteiger partial charge in [-0.15, -0.1) is 11.3 Å². The van der Waals surface area contributed by atoms with Gasteiger partial charge in [0, 0.05) is 15.8 Å². The van der Waals surface area contributed by atoms with Gasteiger partial charge in [-0.25, -0.2) is 4.79 Å². The molecule has 0 spiro atoms. The summed E-state index contributed by atoms with van der Waals surface area (Å²) in [6.45, 7) is 1.99. The van der Waals surface area contributed by atoms with Crippen molar-refractivity contribution in [3.05, 3.63) is 20.3 Å². The number of carboxylic acid groups (broad SMARTS) is 1. The van der Waals surface area contributed by atoms with Crippen molar-refractivity contribution in [2.75, 3.05) is 0 Å². The minimum absolute atomic E-state index is 0.335. The first-order chi connectivity index (χ1) is 7.08. The van der Waals surface area contributed by atoms with Gasteiger partial charge < -0.3 is 9.94 Å². The Kier molecular flexibility index (Phi) is 2.79. The fraction of sp³-hybridized carbons (Fsp3) is 0.333. The van der Waals surface area contributed by atoms with Crippen molar-refractivity contribution in [1.29, 1.82) is 0 Å². The minimum atomic E-state index is -0.971. The lowest BCUT2D eigenvalue weighted by atomic mass is 10.1. The lowest BCUT2D eigenvalue weighted by molar-refractivity contribution is -0.148. The highest BCUT2D eigenvalue weighted by Crippen LogP contribution is 2.29. The Bertz CT molecular complexity index is 421. The van der Waals surface area contributed by atoms with E-state index in [1.54, 1.807) is 11.3 Å². The summed E-state index contributed by atoms with van der Waals surface area (Å²) < 4.78 is 1.02. The van der Waals surface area contributed by atoms with Crippen LogP contribution in [0.4, 0.5) is 0 Å². The molecule has 1 aromatic heterocycles. The maximum atomic E-state index is 10.6. The summed E-state index contributed by atoms with van der Waals surface area (Å²) in [6.07, 6.45) is -0.497. The highest BCUT2D eigenvalue weighted by atomic mass is 79.9. The average Bonchev–Trinajstić information content (AvgIpc) is 2.74. The molecular weight excluding hydrogens is 282 g/mol. The van der Waals surface area contributed by atoms with Gasteiger partial charge in [0.05, 0.1) is 4.88 Å². The molecule has 1 aliphatic rings. The number of aryl methyl sites for hydroxylation is 1. The fourth-order valence-corrected chi connectivity index (χ4v) is 2.78. The molecule has 1 aromatic rings. The van der Waals surface area contributed by atoms with E-state index in [9.17, 15) is 4.79 Å². The summed E-state index contributed by atoms with van der Waals surface area (Å²) >= 11 is 4.98. The average molecular weight is 290 g/mol. The van der Waals surface area contributed by atoms with Gasteiger partial charge in [-0.3, -0.25) is 0 Å². The van der Waals surface area contributed by atoms with Gasteiger partial charge >= 0.3 is 5.97 Å². The number of halogens is 1. The van der Waals surface area contributed by atoms with E-state index in [1.807, 2.05) is 13.0 Å². The van der Waals surface area contributed by atoms with E-state index >= 15 is 0 Å². The number of aliphatic carboxylic acids is 1. The van der Waals surface area contributed by atoms with Crippen molar-refractivity contribution in [3.8, 4) is 0 Å². The van der Waals surface area contributed by atoms with E-state index in [0.29, 0.717) is 12.1 Å². The zero-order valence-corrected chi connectivity index (χ0v) is 10.3. The Hall–Kier alpha value is -0.880. The molecule has 0 amide bonds. The number of rotatable bonds is 2. The molecule has 0 fully saturated rings. The molecule has 0 saturated carbocycles. The van der Waals surface area contributed by atoms with Crippen LogP contribution in [0, 0.1) is 6.92 Å². The van der Waals surface area contributed by atoms with Gasteiger partial charge in [-0.2, -0.15) is 0 Å². The van der Waals surface area contributed by atoms with E-state index in [4.69, 9.17) is 9.94 Å². The van der Waals surface area contributed by atoms with Gasteiger partial charge in [-0.1, -0.05) is 5.16 Å². The first-order valence-corrected chi connectivity index (χ1v) is 5.90. The van der Waals surface area contributed by atoms with Crippen LogP contribution in [0.15, 0.2) is 15.7 Å². The zero-order valence-electron chi connectivity index (χ0n) is 7.86. The molecule has 2 heterocycles. The highest BCUT2D eigenvalue weighted by Gasteiger charge is 2.29. The second kappa shape index (κ2) is 3.94. The number of carboxylic acids is 1. The molecule has 1 aliphatic heterocycles. The smallest absolute Gasteiger partial charge is 0.348 e. The standard InChI is InChI=1S/C9H8BrNO3S/c1-4-5(10)2-8(15-4)6-3-7(9(12)13)14-11-6/h2,7H,3H2,1H3,(H,12,13). The normalized spacial score (nSPS) is 19.9. The topological polar surface area (TPSA) is 58.9 Å². The molecule has 0 saturated heterocycles. The van der Waals surface area contributed by atoms with Gasteiger partial charge in [0.2, 0.25) is 6.10 Å². The Morgan fingerprint density at radius 3 is 3.00 bits per heavy atom. The molecule has 0 aliphatic carbocycles. The number of nitrogens with zero attached hydrogens (tertiary/aromatic N) is 1. The Morgan fingerprint density at radius 1 is 1.80 bits per heavy atom. The van der Waals surface area contributed by atoms with Gasteiger partial charge in [-0.05, 0) is 28.9 Å². The lowest BCUT2D eigenvalue weighted by Gasteiger charge is -1.98. The van der Waals surface area contributed by atoms with E-state index in [1.165, 1.54) is 0 Å². The van der Waals surface area contributed by atoms with Crippen LogP contribution in [-0.2, 0) is 9.63 Å². The number of oxime groups is 1. The van der Waals surface area contributed by atoms with Crippen molar-refractivity contribution >= 4 is 38.9 Å². The van der Waals surface area contributed by atoms with Crippen LogP contribution in [0.2, 0.25) is 0 Å². The lowest BCUT2D eigenvalue weighted by Crippen LogP contribution is -2.19. The second-order valence-electron chi connectivity index (χ2n) is 3.19. The molecule has 6 heteroatoms. The second-order valence-corrected chi connectivity index (χ2v) is 5.30. The van der Waals surface area contributed by atoms with Crippen molar-refractivity contribution in [2.24, 2.45) is 5.16 Å². The molecule has 1 unspecified atom stereocenters. The maximum Gasteiger partial charge on any atom is 0.348 e. The van der Waals surface area contributed by atoms with Crippen LogP contribution < -0.4 is 0 Å². The summed E-state index contributed by atoms with van der Waals surface area (Å²) in [7, 11) is 0. The number of hydrogen-bond donors (Lipinski definition) is 1. The van der Waals surface area contributed by atoms with Crippen LogP contribution in [0.1, 0.15) is 16.2 Å². The molecule has 80 valence electrons. The minimum Gasteiger partial charge on any atom is -0.478 e. The van der Waals surface area contributed by atoms with Gasteiger partial charge in [0.25, 0.3) is 0 Å². The van der Waals surface area contributed by atoms with E-state index < -0.39 is 12.1 Å². The third-order valence-electron chi connectivity index (χ3n) is 2.09. The third kappa shape index (κ3) is 2.05. The third-order valence-corrected chi connectivity index (χ3v) is 4.27. The molecule has 1 N–H and O–H groups in total. The molecule has 15 heavy (non-hydrogen) atoms. The Balaban J connectivity index is 2.17. The van der Waals surface area contributed by atoms with Crippen molar-refractivity contribution < 1.29 is 14.7 Å². The summed E-state index contributed by atoms with van der Waals surface area (Å²) in [5, 5.41) is 12.5. The Labute approximate surface area is 98.7 Å². The summed E-state index contributed by atoms with van der Waals surface area (Å²) in [6, 6.07) is 1.94. The molecule has 1 atom stereocenters. The summed E-state index contributed by atoms with van der Waals surface area (Å²) in [4.78, 5) is 17.6. The number of carbonyl (C=O) groups is 1. The quantitative estimate of drug-likeness (QED) is 0.909. The first-order valence-electron chi connectivity index (χ1n) is 4.29. The summed E-state index contributed by atoms with van der Waals surface area (Å²) in [5.74, 6) is -0.971. The van der Waals surface area contributed by atoms with Gasteiger partial charge in [0.1, 0.15) is 5.71 Å². The van der Waals surface area contributed by atoms with E-state index in [0.717, 1.165) is 14.2 Å². The molecule has 0 aromatic carbocycles. The highest BCUT2D eigenvalue weighted by molar-refractivity contribution is 9.10. The van der Waals surface area contributed by atoms with E-state index in [2.05, 4.69) is 21.1 Å². The predicted octanol–water partition coefficient (Wildman–Crippen LogP) is 2.40. The van der Waals surface area contributed by atoms with Crippen LogP contribution in [0.25, 0.3) is 0 Å². The first kappa shape index (κ1) is 10.6. The number of thiophene rings is 1. The largest absolute Gasteiger partial charge is 0.478 e. The van der Waals surface area contributed by atoms with Crippen LogP contribution >= 0.6 is 27.3 Å². The Morgan fingerprint density at radius 2 is 2.53 bits per heavy atom. The molecule has 2 rings (SSSR count). The zero-order chi connectivity index (χ0) is 11.0. The summed E-state index contributed by atoms with van der Waals surface area (Å²) in [5.41, 5.74) is 0.709. The molecule has 4 nitrogen and oxygen atoms in total. The van der Waals surface area contributed by atoms with E-state index in [-0.39, 0.29) is 0 Å². The SMILES string of the molecule is Cc1sc(C2=NOC(C(=O)O)C2)cc1Br. The van der Waals surface area contributed by atoms with Crippen LogP contribution in [0.5, 0.6) is 0 Å². The monoisotopic (exact) mass is 289 g/mol. The molecule has 0 radical (unpaired) electrons. The predicted molar refractivity (Wildman–Crippen MR) is 60.4 cm³/mol. The van der Waals surface area contributed by atoms with Crippen molar-refractivity contribution in [2.45, 2.75) is 19.4 Å². The molecule has 0 bridgehead atoms. The van der Waals surface area contributed by atoms with Gasteiger partial charge in [0.15, 0.2) is 0 Å². The number of hydrogen-bond acceptors (Lipinski definition) is 4. The fourth-order valence-electron chi connectivity index (χ4n) is 1.26. The van der Waals surface area contributed by atoms with Crippen molar-refractivity contribution in [3.63, 3.8) is 0 Å². The van der Waals surface area contributed by atoms with Crippen LogP contribution in [0.3, 0.4) is 0 Å². The van der Waals surface area contributed by atoms with Crippen LogP contribution in [-0.4, -0.2) is 22.9 Å². The maximum absolute atomic E-state index is 10.6. The van der Waals surface area contributed by atoms with Crippen molar-refractivity contribution in [1.82, 2.24) is 0 Å².